The van der Waals surface area contributed by atoms with E-state index >= 15 is 0 Å². The van der Waals surface area contributed by atoms with E-state index in [-0.39, 0.29) is 18.1 Å². The third-order valence-electron chi connectivity index (χ3n) is 2.81. The molecule has 2 rings (SSSR count). The predicted octanol–water partition coefficient (Wildman–Crippen LogP) is 4.01. The van der Waals surface area contributed by atoms with E-state index in [4.69, 9.17) is 33.7 Å². The van der Waals surface area contributed by atoms with Gasteiger partial charge in [-0.25, -0.2) is 9.78 Å². The first-order valence-corrected chi connectivity index (χ1v) is 7.59. The Labute approximate surface area is 140 Å². The number of benzene rings is 1. The highest BCUT2D eigenvalue weighted by molar-refractivity contribution is 9.10. The van der Waals surface area contributed by atoms with E-state index in [1.54, 1.807) is 30.5 Å². The number of rotatable bonds is 3. The lowest BCUT2D eigenvalue weighted by Gasteiger charge is -2.11. The van der Waals surface area contributed by atoms with Crippen LogP contribution in [0.25, 0.3) is 5.69 Å². The number of esters is 1. The van der Waals surface area contributed by atoms with E-state index in [9.17, 15) is 4.79 Å². The third-order valence-corrected chi connectivity index (χ3v) is 4.57. The molecule has 2 N–H and O–H groups in total. The molecule has 0 aliphatic rings. The van der Waals surface area contributed by atoms with E-state index in [1.165, 1.54) is 0 Å². The number of aryl methyl sites for hydroxylation is 1. The molecule has 0 amide bonds. The molecule has 2 aromatic rings. The van der Waals surface area contributed by atoms with Crippen molar-refractivity contribution >= 4 is 50.9 Å². The summed E-state index contributed by atoms with van der Waals surface area (Å²) in [5, 5.41) is 0.674. The molecule has 0 saturated heterocycles. The van der Waals surface area contributed by atoms with Crippen molar-refractivity contribution in [2.75, 3.05) is 12.3 Å². The molecular weight excluding hydrogens is 381 g/mol. The first-order chi connectivity index (χ1) is 9.88. The molecule has 112 valence electrons. The number of imidazole rings is 1. The zero-order valence-electron chi connectivity index (χ0n) is 11.3. The van der Waals surface area contributed by atoms with Gasteiger partial charge >= 0.3 is 5.97 Å². The Morgan fingerprint density at radius 2 is 2.10 bits per heavy atom. The lowest BCUT2D eigenvalue weighted by molar-refractivity contribution is 0.0521. The first kappa shape index (κ1) is 16.1. The number of hydrogen-bond donors (Lipinski definition) is 1. The lowest BCUT2D eigenvalue weighted by atomic mass is 10.3. The van der Waals surface area contributed by atoms with Crippen molar-refractivity contribution in [3.8, 4) is 5.69 Å². The Morgan fingerprint density at radius 3 is 2.71 bits per heavy atom. The lowest BCUT2D eigenvalue weighted by Crippen LogP contribution is -2.09. The molecule has 0 spiro atoms. The van der Waals surface area contributed by atoms with Crippen molar-refractivity contribution in [3.05, 3.63) is 38.2 Å². The molecule has 21 heavy (non-hydrogen) atoms. The number of anilines is 1. The minimum atomic E-state index is -0.573. The summed E-state index contributed by atoms with van der Waals surface area (Å²) in [6.07, 6.45) is 0. The van der Waals surface area contributed by atoms with Crippen LogP contribution in [0.15, 0.2) is 16.6 Å². The second kappa shape index (κ2) is 6.25. The maximum absolute atomic E-state index is 11.8. The normalized spacial score (nSPS) is 10.7. The highest BCUT2D eigenvalue weighted by Gasteiger charge is 2.22. The van der Waals surface area contributed by atoms with Crippen LogP contribution < -0.4 is 5.73 Å². The van der Waals surface area contributed by atoms with Crippen LogP contribution in [0.4, 0.5) is 5.82 Å². The Bertz CT molecular complexity index is 716. The van der Waals surface area contributed by atoms with Gasteiger partial charge in [-0.3, -0.25) is 4.57 Å². The zero-order chi connectivity index (χ0) is 15.7. The Kier molecular flexibility index (Phi) is 4.81. The molecule has 1 aromatic heterocycles. The minimum absolute atomic E-state index is 0.0597. The van der Waals surface area contributed by atoms with Gasteiger partial charge < -0.3 is 10.5 Å². The van der Waals surface area contributed by atoms with Crippen molar-refractivity contribution in [1.82, 2.24) is 9.55 Å². The van der Waals surface area contributed by atoms with Crippen LogP contribution in [0.1, 0.15) is 23.2 Å². The summed E-state index contributed by atoms with van der Waals surface area (Å²) in [4.78, 5) is 16.0. The summed E-state index contributed by atoms with van der Waals surface area (Å²) >= 11 is 15.6. The maximum Gasteiger partial charge on any atom is 0.360 e. The molecule has 0 aliphatic carbocycles. The van der Waals surface area contributed by atoms with Crippen LogP contribution in [-0.2, 0) is 4.74 Å². The molecule has 1 aromatic carbocycles. The number of nitrogens with zero attached hydrogens (tertiary/aromatic N) is 2. The number of ether oxygens (including phenoxy) is 1. The third kappa shape index (κ3) is 2.88. The van der Waals surface area contributed by atoms with Gasteiger partial charge in [0.1, 0.15) is 11.6 Å². The summed E-state index contributed by atoms with van der Waals surface area (Å²) < 4.78 is 7.15. The minimum Gasteiger partial charge on any atom is -0.461 e. The molecule has 0 fully saturated rings. The van der Waals surface area contributed by atoms with Crippen molar-refractivity contribution < 1.29 is 9.53 Å². The zero-order valence-corrected chi connectivity index (χ0v) is 14.4. The van der Waals surface area contributed by atoms with Crippen molar-refractivity contribution in [3.63, 3.8) is 0 Å². The number of nitrogen functional groups attached to an aromatic ring is 1. The standard InChI is InChI=1S/C13H12BrCl2N3O2/c1-3-21-13(20)11-12(17)19(6(2)18-11)8-5-4-7(14)9(15)10(8)16/h4-5H,3,17H2,1-2H3. The molecular formula is C13H12BrCl2N3O2. The van der Waals surface area contributed by atoms with Crippen LogP contribution in [0.3, 0.4) is 0 Å². The van der Waals surface area contributed by atoms with Gasteiger partial charge in [0.2, 0.25) is 0 Å². The highest BCUT2D eigenvalue weighted by atomic mass is 79.9. The smallest absolute Gasteiger partial charge is 0.360 e. The highest BCUT2D eigenvalue weighted by Crippen LogP contribution is 2.36. The van der Waals surface area contributed by atoms with Gasteiger partial charge in [-0.2, -0.15) is 0 Å². The molecule has 0 saturated carbocycles. The molecule has 0 bridgehead atoms. The average molecular weight is 393 g/mol. The number of carbonyl (C=O) groups excluding carboxylic acids is 1. The Balaban J connectivity index is 2.61. The number of aromatic nitrogens is 2. The predicted molar refractivity (Wildman–Crippen MR) is 86.4 cm³/mol. The number of nitrogens with two attached hydrogens (primary N) is 1. The van der Waals surface area contributed by atoms with Gasteiger partial charge in [0.15, 0.2) is 5.69 Å². The molecule has 0 atom stereocenters. The fraction of sp³-hybridized carbons (Fsp3) is 0.231. The van der Waals surface area contributed by atoms with E-state index < -0.39 is 5.97 Å². The summed E-state index contributed by atoms with van der Waals surface area (Å²) in [5.41, 5.74) is 6.61. The van der Waals surface area contributed by atoms with Crippen LogP contribution in [0, 0.1) is 6.92 Å². The van der Waals surface area contributed by atoms with Gasteiger partial charge in [0, 0.05) is 4.47 Å². The van der Waals surface area contributed by atoms with Crippen LogP contribution in [0.5, 0.6) is 0 Å². The average Bonchev–Trinajstić information content (AvgIpc) is 2.73. The van der Waals surface area contributed by atoms with Gasteiger partial charge in [-0.15, -0.1) is 0 Å². The molecule has 0 aliphatic heterocycles. The largest absolute Gasteiger partial charge is 0.461 e. The molecule has 1 heterocycles. The van der Waals surface area contributed by atoms with Crippen LogP contribution >= 0.6 is 39.1 Å². The number of halogens is 3. The summed E-state index contributed by atoms with van der Waals surface area (Å²) in [7, 11) is 0. The number of carbonyl (C=O) groups is 1. The molecule has 0 unspecified atom stereocenters. The van der Waals surface area contributed by atoms with E-state index in [0.29, 0.717) is 26.0 Å². The van der Waals surface area contributed by atoms with Gasteiger partial charge in [0.25, 0.3) is 0 Å². The summed E-state index contributed by atoms with van der Waals surface area (Å²) in [6, 6.07) is 3.48. The van der Waals surface area contributed by atoms with Crippen LogP contribution in [-0.4, -0.2) is 22.1 Å². The second-order valence-electron chi connectivity index (χ2n) is 4.14. The van der Waals surface area contributed by atoms with Crippen molar-refractivity contribution in [1.29, 1.82) is 0 Å². The monoisotopic (exact) mass is 391 g/mol. The van der Waals surface area contributed by atoms with Gasteiger partial charge in [-0.1, -0.05) is 23.2 Å². The van der Waals surface area contributed by atoms with Gasteiger partial charge in [-0.05, 0) is 41.9 Å². The van der Waals surface area contributed by atoms with E-state index in [1.807, 2.05) is 0 Å². The summed E-state index contributed by atoms with van der Waals surface area (Å²) in [6.45, 7) is 3.67. The fourth-order valence-electron chi connectivity index (χ4n) is 1.89. The fourth-order valence-corrected chi connectivity index (χ4v) is 2.75. The van der Waals surface area contributed by atoms with E-state index in [2.05, 4.69) is 20.9 Å². The van der Waals surface area contributed by atoms with Crippen LogP contribution in [0.2, 0.25) is 10.0 Å². The molecule has 8 heteroatoms. The van der Waals surface area contributed by atoms with Crippen molar-refractivity contribution in [2.24, 2.45) is 0 Å². The molecule has 0 radical (unpaired) electrons. The van der Waals surface area contributed by atoms with Crippen molar-refractivity contribution in [2.45, 2.75) is 13.8 Å². The molecule has 5 nitrogen and oxygen atoms in total. The number of hydrogen-bond acceptors (Lipinski definition) is 4. The summed E-state index contributed by atoms with van der Waals surface area (Å²) in [5.74, 6) is 0.0956. The SMILES string of the molecule is CCOC(=O)c1nc(C)n(-c2ccc(Br)c(Cl)c2Cl)c1N. The first-order valence-electron chi connectivity index (χ1n) is 6.04. The maximum atomic E-state index is 11.8. The Hall–Kier alpha value is -1.24. The topological polar surface area (TPSA) is 70.1 Å². The second-order valence-corrected chi connectivity index (χ2v) is 5.75. The Morgan fingerprint density at radius 1 is 1.43 bits per heavy atom. The van der Waals surface area contributed by atoms with Gasteiger partial charge in [0.05, 0.1) is 22.3 Å². The quantitative estimate of drug-likeness (QED) is 0.632. The van der Waals surface area contributed by atoms with E-state index in [0.717, 1.165) is 0 Å².